The van der Waals surface area contributed by atoms with E-state index in [2.05, 4.69) is 10.3 Å². The molecule has 124 valence electrons. The van der Waals surface area contributed by atoms with Crippen LogP contribution < -0.4 is 5.32 Å². The Balaban J connectivity index is 1.56. The molecule has 0 bridgehead atoms. The molecule has 0 spiro atoms. The Morgan fingerprint density at radius 3 is 2.88 bits per heavy atom. The van der Waals surface area contributed by atoms with Crippen LogP contribution in [-0.4, -0.2) is 39.6 Å². The fourth-order valence-electron chi connectivity index (χ4n) is 3.67. The second-order valence-electron chi connectivity index (χ2n) is 6.29. The molecule has 0 radical (unpaired) electrons. The first-order chi connectivity index (χ1) is 11.6. The second-order valence-corrected chi connectivity index (χ2v) is 6.68. The summed E-state index contributed by atoms with van der Waals surface area (Å²) in [7, 11) is 0. The number of rotatable bonds is 2. The van der Waals surface area contributed by atoms with Crippen LogP contribution in [0.15, 0.2) is 42.5 Å². The molecular formula is C18H18ClN3O2. The van der Waals surface area contributed by atoms with Crippen LogP contribution in [0.5, 0.6) is 0 Å². The second kappa shape index (κ2) is 6.07. The summed E-state index contributed by atoms with van der Waals surface area (Å²) in [6.07, 6.45) is 0.604. The number of pyridine rings is 1. The van der Waals surface area contributed by atoms with Crippen molar-refractivity contribution in [2.75, 3.05) is 11.9 Å². The van der Waals surface area contributed by atoms with Gasteiger partial charge in [0.2, 0.25) is 0 Å². The van der Waals surface area contributed by atoms with E-state index in [9.17, 15) is 9.90 Å². The van der Waals surface area contributed by atoms with Crippen LogP contribution in [0, 0.1) is 0 Å². The highest BCUT2D eigenvalue weighted by atomic mass is 35.5. The number of amides is 1. The van der Waals surface area contributed by atoms with Gasteiger partial charge in [0.25, 0.3) is 5.91 Å². The van der Waals surface area contributed by atoms with Crippen molar-refractivity contribution >= 4 is 23.3 Å². The van der Waals surface area contributed by atoms with Crippen molar-refractivity contribution in [3.8, 4) is 0 Å². The summed E-state index contributed by atoms with van der Waals surface area (Å²) < 4.78 is 0. The molecule has 1 saturated heterocycles. The number of aliphatic hydroxyl groups is 1. The quantitative estimate of drug-likeness (QED) is 0.823. The molecule has 0 saturated carbocycles. The van der Waals surface area contributed by atoms with Gasteiger partial charge in [-0.25, -0.2) is 4.98 Å². The van der Waals surface area contributed by atoms with Crippen molar-refractivity contribution in [3.05, 3.63) is 58.7 Å². The number of halogens is 1. The zero-order chi connectivity index (χ0) is 16.7. The van der Waals surface area contributed by atoms with E-state index in [1.807, 2.05) is 41.3 Å². The maximum Gasteiger partial charge on any atom is 0.254 e. The third-order valence-electron chi connectivity index (χ3n) is 4.85. The smallest absolute Gasteiger partial charge is 0.254 e. The number of aromatic nitrogens is 1. The lowest BCUT2D eigenvalue weighted by molar-refractivity contribution is 0.0705. The molecule has 1 aromatic carbocycles. The highest BCUT2D eigenvalue weighted by Crippen LogP contribution is 2.39. The molecule has 0 unspecified atom stereocenters. The molecule has 3 atom stereocenters. The fourth-order valence-corrected chi connectivity index (χ4v) is 3.83. The topological polar surface area (TPSA) is 65.5 Å². The number of aliphatic hydroxyl groups excluding tert-OH is 1. The first-order valence-corrected chi connectivity index (χ1v) is 8.48. The molecular weight excluding hydrogens is 326 g/mol. The summed E-state index contributed by atoms with van der Waals surface area (Å²) in [4.78, 5) is 18.7. The van der Waals surface area contributed by atoms with Gasteiger partial charge >= 0.3 is 0 Å². The highest BCUT2D eigenvalue weighted by molar-refractivity contribution is 6.29. The van der Waals surface area contributed by atoms with Crippen LogP contribution >= 0.6 is 11.6 Å². The molecule has 1 fully saturated rings. The molecule has 4 rings (SSSR count). The maximum absolute atomic E-state index is 12.6. The van der Waals surface area contributed by atoms with Gasteiger partial charge < -0.3 is 15.3 Å². The number of nitrogens with one attached hydrogen (secondary N) is 1. The number of hydrogen-bond acceptors (Lipinski definition) is 4. The Bertz CT molecular complexity index is 782. The van der Waals surface area contributed by atoms with E-state index in [1.54, 1.807) is 6.07 Å². The standard InChI is InChI=1S/C18H18ClN3O2/c19-16-6-3-7-17(21-16)20-13-8-9-22-14(10-15(13)23)11-4-1-2-5-12(11)18(22)24/h1-7,13-15,23H,8-10H2,(H,20,21)/t13-,14+,15-/m1/s1. The van der Waals surface area contributed by atoms with Gasteiger partial charge in [0, 0.05) is 12.1 Å². The van der Waals surface area contributed by atoms with Crippen LogP contribution in [0.4, 0.5) is 5.82 Å². The van der Waals surface area contributed by atoms with Gasteiger partial charge in [-0.15, -0.1) is 0 Å². The SMILES string of the molecule is O=C1c2ccccc2[C@@H]2C[C@@H](O)[C@H](Nc3cccc(Cl)n3)CCN12. The Morgan fingerprint density at radius 1 is 1.21 bits per heavy atom. The largest absolute Gasteiger partial charge is 0.391 e. The first-order valence-electron chi connectivity index (χ1n) is 8.10. The van der Waals surface area contributed by atoms with E-state index < -0.39 is 6.10 Å². The number of carbonyl (C=O) groups excluding carboxylic acids is 1. The molecule has 2 aliphatic rings. The van der Waals surface area contributed by atoms with E-state index >= 15 is 0 Å². The monoisotopic (exact) mass is 343 g/mol. The minimum absolute atomic E-state index is 0.0529. The zero-order valence-electron chi connectivity index (χ0n) is 13.0. The van der Waals surface area contributed by atoms with Crippen molar-refractivity contribution in [1.29, 1.82) is 0 Å². The maximum atomic E-state index is 12.6. The van der Waals surface area contributed by atoms with E-state index in [-0.39, 0.29) is 18.0 Å². The molecule has 5 nitrogen and oxygen atoms in total. The van der Waals surface area contributed by atoms with Gasteiger partial charge in [-0.05, 0) is 36.6 Å². The molecule has 6 heteroatoms. The molecule has 24 heavy (non-hydrogen) atoms. The van der Waals surface area contributed by atoms with Crippen molar-refractivity contribution in [1.82, 2.24) is 9.88 Å². The normalized spacial score (nSPS) is 25.8. The fraction of sp³-hybridized carbons (Fsp3) is 0.333. The number of carbonyl (C=O) groups is 1. The first kappa shape index (κ1) is 15.4. The average molecular weight is 344 g/mol. The van der Waals surface area contributed by atoms with Crippen LogP contribution in [0.1, 0.15) is 34.8 Å². The number of nitrogens with zero attached hydrogens (tertiary/aromatic N) is 2. The zero-order valence-corrected chi connectivity index (χ0v) is 13.8. The molecule has 1 aromatic heterocycles. The van der Waals surface area contributed by atoms with E-state index in [0.29, 0.717) is 30.4 Å². The van der Waals surface area contributed by atoms with Crippen molar-refractivity contribution in [3.63, 3.8) is 0 Å². The van der Waals surface area contributed by atoms with Crippen LogP contribution in [0.2, 0.25) is 5.15 Å². The molecule has 2 aliphatic heterocycles. The predicted octanol–water partition coefficient (Wildman–Crippen LogP) is 2.87. The summed E-state index contributed by atoms with van der Waals surface area (Å²) in [5.74, 6) is 0.699. The number of benzene rings is 1. The molecule has 3 heterocycles. The number of anilines is 1. The van der Waals surface area contributed by atoms with Gasteiger partial charge in [-0.2, -0.15) is 0 Å². The lowest BCUT2D eigenvalue weighted by Gasteiger charge is -2.23. The van der Waals surface area contributed by atoms with Crippen LogP contribution in [-0.2, 0) is 0 Å². The van der Waals surface area contributed by atoms with Crippen LogP contribution in [0.3, 0.4) is 0 Å². The van der Waals surface area contributed by atoms with Gasteiger partial charge in [0.05, 0.1) is 18.2 Å². The Hall–Kier alpha value is -2.11. The van der Waals surface area contributed by atoms with E-state index in [4.69, 9.17) is 11.6 Å². The van der Waals surface area contributed by atoms with Gasteiger partial charge in [0.15, 0.2) is 0 Å². The van der Waals surface area contributed by atoms with Crippen molar-refractivity contribution < 1.29 is 9.90 Å². The van der Waals surface area contributed by atoms with Crippen molar-refractivity contribution in [2.24, 2.45) is 0 Å². The lowest BCUT2D eigenvalue weighted by atomic mass is 9.97. The molecule has 1 amide bonds. The van der Waals surface area contributed by atoms with Gasteiger partial charge in [0.1, 0.15) is 11.0 Å². The van der Waals surface area contributed by atoms with Gasteiger partial charge in [-0.1, -0.05) is 35.9 Å². The Morgan fingerprint density at radius 2 is 2.04 bits per heavy atom. The average Bonchev–Trinajstić information content (AvgIpc) is 2.73. The van der Waals surface area contributed by atoms with Gasteiger partial charge in [-0.3, -0.25) is 4.79 Å². The van der Waals surface area contributed by atoms with Crippen molar-refractivity contribution in [2.45, 2.75) is 31.0 Å². The molecule has 2 aromatic rings. The Kier molecular flexibility index (Phi) is 3.90. The summed E-state index contributed by atoms with van der Waals surface area (Å²) in [6.45, 7) is 0.605. The Labute approximate surface area is 145 Å². The predicted molar refractivity (Wildman–Crippen MR) is 92.1 cm³/mol. The summed E-state index contributed by atoms with van der Waals surface area (Å²) in [6, 6.07) is 12.8. The summed E-state index contributed by atoms with van der Waals surface area (Å²) >= 11 is 5.92. The number of hydrogen-bond donors (Lipinski definition) is 2. The minimum Gasteiger partial charge on any atom is -0.391 e. The summed E-state index contributed by atoms with van der Waals surface area (Å²) in [5.41, 5.74) is 1.78. The summed E-state index contributed by atoms with van der Waals surface area (Å²) in [5, 5.41) is 14.3. The number of fused-ring (bicyclic) bond motifs is 3. The lowest BCUT2D eigenvalue weighted by Crippen LogP contribution is -2.34. The van der Waals surface area contributed by atoms with E-state index in [0.717, 1.165) is 11.1 Å². The van der Waals surface area contributed by atoms with E-state index in [1.165, 1.54) is 0 Å². The minimum atomic E-state index is -0.570. The third kappa shape index (κ3) is 2.64. The highest BCUT2D eigenvalue weighted by Gasteiger charge is 2.41. The van der Waals surface area contributed by atoms with Crippen LogP contribution in [0.25, 0.3) is 0 Å². The molecule has 2 N–H and O–H groups in total. The third-order valence-corrected chi connectivity index (χ3v) is 5.06. The molecule has 0 aliphatic carbocycles.